The molecule has 10 heteroatoms. The summed E-state index contributed by atoms with van der Waals surface area (Å²) in [6, 6.07) is 18.3. The number of rotatable bonds is 8. The number of hydrogen-bond donors (Lipinski definition) is 2. The van der Waals surface area contributed by atoms with Crippen molar-refractivity contribution in [3.8, 4) is 17.2 Å². The van der Waals surface area contributed by atoms with Crippen LogP contribution in [0.25, 0.3) is 0 Å². The SMILES string of the molecule is COc1ccc(CN2C(=O)NC3OC3C23CCOCC3)cc1C(=O)NCc1ccc(Oc2ccc(F)cc2)cc1. The van der Waals surface area contributed by atoms with Gasteiger partial charge in [0.2, 0.25) is 0 Å². The molecule has 1 spiro atoms. The first-order chi connectivity index (χ1) is 19.4. The Bertz CT molecular complexity index is 1390. The van der Waals surface area contributed by atoms with Gasteiger partial charge in [0.1, 0.15) is 29.2 Å². The van der Waals surface area contributed by atoms with Gasteiger partial charge in [-0.05, 0) is 72.5 Å². The summed E-state index contributed by atoms with van der Waals surface area (Å²) in [5, 5.41) is 5.85. The van der Waals surface area contributed by atoms with Crippen LogP contribution in [0.3, 0.4) is 0 Å². The minimum Gasteiger partial charge on any atom is -0.496 e. The van der Waals surface area contributed by atoms with Crippen LogP contribution in [0.2, 0.25) is 0 Å². The molecule has 2 unspecified atom stereocenters. The number of fused-ring (bicyclic) bond motifs is 2. The smallest absolute Gasteiger partial charge is 0.320 e. The van der Waals surface area contributed by atoms with Crippen molar-refractivity contribution < 1.29 is 32.9 Å². The van der Waals surface area contributed by atoms with Crippen molar-refractivity contribution in [1.29, 1.82) is 0 Å². The number of urea groups is 1. The van der Waals surface area contributed by atoms with Crippen LogP contribution in [0.4, 0.5) is 9.18 Å². The van der Waals surface area contributed by atoms with E-state index in [0.29, 0.717) is 62.0 Å². The van der Waals surface area contributed by atoms with Crippen LogP contribution in [-0.4, -0.2) is 55.0 Å². The molecule has 208 valence electrons. The quantitative estimate of drug-likeness (QED) is 0.407. The van der Waals surface area contributed by atoms with Crippen molar-refractivity contribution in [2.24, 2.45) is 0 Å². The Kier molecular flexibility index (Phi) is 7.03. The Morgan fingerprint density at radius 1 is 1.05 bits per heavy atom. The molecule has 2 atom stereocenters. The van der Waals surface area contributed by atoms with E-state index in [9.17, 15) is 14.0 Å². The summed E-state index contributed by atoms with van der Waals surface area (Å²) < 4.78 is 35.7. The molecule has 3 aliphatic heterocycles. The number of benzene rings is 3. The van der Waals surface area contributed by atoms with Crippen LogP contribution < -0.4 is 20.1 Å². The highest BCUT2D eigenvalue weighted by molar-refractivity contribution is 5.97. The molecule has 3 aliphatic rings. The average molecular weight is 548 g/mol. The zero-order chi connectivity index (χ0) is 27.7. The topological polar surface area (TPSA) is 102 Å². The third-order valence-corrected chi connectivity index (χ3v) is 7.70. The van der Waals surface area contributed by atoms with Crippen molar-refractivity contribution in [2.45, 2.75) is 43.8 Å². The van der Waals surface area contributed by atoms with Crippen LogP contribution in [0.1, 0.15) is 34.3 Å². The molecule has 6 rings (SSSR count). The highest BCUT2D eigenvalue weighted by Crippen LogP contribution is 2.45. The molecule has 3 fully saturated rings. The number of halogens is 1. The van der Waals surface area contributed by atoms with Crippen molar-refractivity contribution in [2.75, 3.05) is 20.3 Å². The predicted molar refractivity (Wildman–Crippen MR) is 143 cm³/mol. The van der Waals surface area contributed by atoms with Gasteiger partial charge in [-0.25, -0.2) is 9.18 Å². The summed E-state index contributed by atoms with van der Waals surface area (Å²) in [5.74, 6) is 0.956. The van der Waals surface area contributed by atoms with Crippen molar-refractivity contribution in [3.63, 3.8) is 0 Å². The second-order valence-electron chi connectivity index (χ2n) is 10.1. The normalized spacial score (nSPS) is 20.9. The van der Waals surface area contributed by atoms with Gasteiger partial charge >= 0.3 is 6.03 Å². The molecule has 3 saturated heterocycles. The van der Waals surface area contributed by atoms with Crippen LogP contribution >= 0.6 is 0 Å². The molecule has 9 nitrogen and oxygen atoms in total. The summed E-state index contributed by atoms with van der Waals surface area (Å²) >= 11 is 0. The fourth-order valence-corrected chi connectivity index (χ4v) is 5.50. The zero-order valence-electron chi connectivity index (χ0n) is 22.0. The molecule has 2 N–H and O–H groups in total. The highest BCUT2D eigenvalue weighted by atomic mass is 19.1. The van der Waals surface area contributed by atoms with Crippen LogP contribution in [0.15, 0.2) is 66.7 Å². The van der Waals surface area contributed by atoms with Gasteiger partial charge in [-0.2, -0.15) is 0 Å². The number of ether oxygens (including phenoxy) is 4. The Labute approximate surface area is 231 Å². The lowest BCUT2D eigenvalue weighted by Gasteiger charge is -2.47. The van der Waals surface area contributed by atoms with Gasteiger partial charge in [0, 0.05) is 26.3 Å². The first-order valence-electron chi connectivity index (χ1n) is 13.2. The maximum Gasteiger partial charge on any atom is 0.320 e. The van der Waals surface area contributed by atoms with Gasteiger partial charge < -0.3 is 34.5 Å². The molecule has 3 amide bonds. The monoisotopic (exact) mass is 547 g/mol. The third-order valence-electron chi connectivity index (χ3n) is 7.70. The fraction of sp³-hybridized carbons (Fsp3) is 0.333. The van der Waals surface area contributed by atoms with E-state index >= 15 is 0 Å². The molecule has 0 saturated carbocycles. The fourth-order valence-electron chi connectivity index (χ4n) is 5.50. The number of methoxy groups -OCH3 is 1. The molecule has 3 aromatic rings. The van der Waals surface area contributed by atoms with Crippen LogP contribution in [0, 0.1) is 5.82 Å². The lowest BCUT2D eigenvalue weighted by molar-refractivity contribution is -0.0297. The van der Waals surface area contributed by atoms with Gasteiger partial charge in [0.05, 0.1) is 18.2 Å². The minimum atomic E-state index is -0.416. The summed E-state index contributed by atoms with van der Waals surface area (Å²) in [6.07, 6.45) is 1.13. The van der Waals surface area contributed by atoms with E-state index in [4.69, 9.17) is 18.9 Å². The maximum atomic E-state index is 13.2. The summed E-state index contributed by atoms with van der Waals surface area (Å²) in [5.41, 5.74) is 1.66. The first kappa shape index (κ1) is 26.1. The second-order valence-corrected chi connectivity index (χ2v) is 10.1. The van der Waals surface area contributed by atoms with Gasteiger partial charge in [0.25, 0.3) is 5.91 Å². The molecular weight excluding hydrogens is 517 g/mol. The standard InChI is InChI=1S/C30H30FN3O6/c1-37-25-11-4-20(18-34-29(36)33-28-26(40-28)30(34)12-14-38-15-13-30)16-24(25)27(35)32-17-19-2-7-22(8-3-19)39-23-9-5-21(31)6-10-23/h2-11,16,26,28H,12-15,17-18H2,1H3,(H,32,35)(H,33,36). The minimum absolute atomic E-state index is 0.0532. The number of carbonyl (C=O) groups excluding carboxylic acids is 2. The molecule has 0 bridgehead atoms. The van der Waals surface area contributed by atoms with E-state index in [0.717, 1.165) is 11.1 Å². The number of nitrogens with one attached hydrogen (secondary N) is 2. The van der Waals surface area contributed by atoms with E-state index in [1.807, 2.05) is 23.1 Å². The number of epoxide rings is 1. The zero-order valence-corrected chi connectivity index (χ0v) is 22.0. The third kappa shape index (κ3) is 5.20. The molecule has 3 heterocycles. The molecule has 0 aliphatic carbocycles. The summed E-state index contributed by atoms with van der Waals surface area (Å²) in [6.45, 7) is 1.78. The largest absolute Gasteiger partial charge is 0.496 e. The Hall–Kier alpha value is -4.15. The Morgan fingerprint density at radius 3 is 2.42 bits per heavy atom. The number of hydrogen-bond acceptors (Lipinski definition) is 6. The van der Waals surface area contributed by atoms with E-state index in [-0.39, 0.29) is 30.1 Å². The average Bonchev–Trinajstić information content (AvgIpc) is 3.77. The van der Waals surface area contributed by atoms with Crippen molar-refractivity contribution in [1.82, 2.24) is 15.5 Å². The Morgan fingerprint density at radius 2 is 1.73 bits per heavy atom. The van der Waals surface area contributed by atoms with Gasteiger partial charge in [-0.1, -0.05) is 18.2 Å². The molecule has 40 heavy (non-hydrogen) atoms. The summed E-state index contributed by atoms with van der Waals surface area (Å²) in [4.78, 5) is 28.1. The van der Waals surface area contributed by atoms with Crippen LogP contribution in [-0.2, 0) is 22.6 Å². The number of nitrogens with zero attached hydrogens (tertiary/aromatic N) is 1. The summed E-state index contributed by atoms with van der Waals surface area (Å²) in [7, 11) is 1.52. The van der Waals surface area contributed by atoms with Gasteiger partial charge in [-0.3, -0.25) is 4.79 Å². The highest BCUT2D eigenvalue weighted by Gasteiger charge is 2.63. The Balaban J connectivity index is 1.13. The maximum absolute atomic E-state index is 13.2. The van der Waals surface area contributed by atoms with Gasteiger partial charge in [0.15, 0.2) is 6.23 Å². The van der Waals surface area contributed by atoms with E-state index in [1.165, 1.54) is 19.2 Å². The van der Waals surface area contributed by atoms with E-state index in [1.54, 1.807) is 36.4 Å². The predicted octanol–water partition coefficient (Wildman–Crippen LogP) is 4.36. The lowest BCUT2D eigenvalue weighted by Crippen LogP contribution is -2.65. The first-order valence-corrected chi connectivity index (χ1v) is 13.2. The molecule has 0 aromatic heterocycles. The molecule has 3 aromatic carbocycles. The lowest BCUT2D eigenvalue weighted by atomic mass is 9.82. The second kappa shape index (κ2) is 10.8. The van der Waals surface area contributed by atoms with E-state index in [2.05, 4.69) is 10.6 Å². The number of amides is 3. The molecular formula is C30H30FN3O6. The molecule has 0 radical (unpaired) electrons. The van der Waals surface area contributed by atoms with Crippen molar-refractivity contribution in [3.05, 3.63) is 89.2 Å². The van der Waals surface area contributed by atoms with Crippen molar-refractivity contribution >= 4 is 11.9 Å². The van der Waals surface area contributed by atoms with Gasteiger partial charge in [-0.15, -0.1) is 0 Å². The van der Waals surface area contributed by atoms with E-state index < -0.39 is 5.54 Å². The number of carbonyl (C=O) groups is 2. The van der Waals surface area contributed by atoms with Crippen LogP contribution in [0.5, 0.6) is 17.2 Å².